The SMILES string of the molecule is [N-]=[N+]=NCC1CC(=O)N(c2ccc(C(=O)NCCO)cc2)C1. The van der Waals surface area contributed by atoms with Crippen molar-refractivity contribution in [3.63, 3.8) is 0 Å². The smallest absolute Gasteiger partial charge is 0.251 e. The van der Waals surface area contributed by atoms with Crippen molar-refractivity contribution in [3.05, 3.63) is 40.3 Å². The van der Waals surface area contributed by atoms with Crippen molar-refractivity contribution in [2.24, 2.45) is 11.0 Å². The van der Waals surface area contributed by atoms with Crippen LogP contribution in [0.4, 0.5) is 5.69 Å². The molecule has 0 aliphatic carbocycles. The first-order valence-electron chi connectivity index (χ1n) is 6.96. The highest BCUT2D eigenvalue weighted by Crippen LogP contribution is 2.25. The predicted molar refractivity (Wildman–Crippen MR) is 80.3 cm³/mol. The van der Waals surface area contributed by atoms with Crippen molar-refractivity contribution in [1.29, 1.82) is 0 Å². The first-order valence-corrected chi connectivity index (χ1v) is 6.96. The molecule has 2 amide bonds. The number of azide groups is 1. The molecule has 8 nitrogen and oxygen atoms in total. The minimum absolute atomic E-state index is 0.0179. The molecule has 1 fully saturated rings. The van der Waals surface area contributed by atoms with Gasteiger partial charge in [-0.15, -0.1) is 0 Å². The van der Waals surface area contributed by atoms with Crippen LogP contribution in [0, 0.1) is 5.92 Å². The second kappa shape index (κ2) is 7.44. The number of aliphatic hydroxyl groups excluding tert-OH is 1. The van der Waals surface area contributed by atoms with Crippen molar-refractivity contribution < 1.29 is 14.7 Å². The maximum atomic E-state index is 12.0. The van der Waals surface area contributed by atoms with Crippen LogP contribution in [-0.4, -0.2) is 43.2 Å². The van der Waals surface area contributed by atoms with Gasteiger partial charge in [-0.2, -0.15) is 0 Å². The number of benzene rings is 1. The molecule has 1 aliphatic heterocycles. The van der Waals surface area contributed by atoms with Crippen molar-refractivity contribution in [2.45, 2.75) is 6.42 Å². The molecule has 1 atom stereocenters. The standard InChI is InChI=1S/C14H17N5O3/c15-18-17-8-10-7-13(21)19(9-10)12-3-1-11(2-4-12)14(22)16-5-6-20/h1-4,10,20H,5-9H2,(H,16,22). The van der Waals surface area contributed by atoms with Gasteiger partial charge in [0.15, 0.2) is 0 Å². The molecular weight excluding hydrogens is 286 g/mol. The Morgan fingerprint density at radius 2 is 2.18 bits per heavy atom. The molecule has 1 aliphatic rings. The zero-order chi connectivity index (χ0) is 15.9. The van der Waals surface area contributed by atoms with Crippen LogP contribution in [0.2, 0.25) is 0 Å². The van der Waals surface area contributed by atoms with Gasteiger partial charge < -0.3 is 15.3 Å². The molecule has 0 saturated carbocycles. The van der Waals surface area contributed by atoms with Gasteiger partial charge in [0.2, 0.25) is 5.91 Å². The molecule has 22 heavy (non-hydrogen) atoms. The van der Waals surface area contributed by atoms with E-state index in [1.165, 1.54) is 0 Å². The average Bonchev–Trinajstić information content (AvgIpc) is 2.91. The molecule has 0 radical (unpaired) electrons. The quantitative estimate of drug-likeness (QED) is 0.465. The number of carbonyl (C=O) groups excluding carboxylic acids is 2. The fraction of sp³-hybridized carbons (Fsp3) is 0.429. The van der Waals surface area contributed by atoms with E-state index < -0.39 is 0 Å². The van der Waals surface area contributed by atoms with Gasteiger partial charge >= 0.3 is 0 Å². The van der Waals surface area contributed by atoms with E-state index in [0.29, 0.717) is 30.8 Å². The summed E-state index contributed by atoms with van der Waals surface area (Å²) in [6, 6.07) is 6.69. The van der Waals surface area contributed by atoms with Gasteiger partial charge in [0.1, 0.15) is 0 Å². The van der Waals surface area contributed by atoms with Crippen LogP contribution in [0.3, 0.4) is 0 Å². The number of anilines is 1. The van der Waals surface area contributed by atoms with Crippen LogP contribution in [0.25, 0.3) is 10.4 Å². The van der Waals surface area contributed by atoms with Crippen LogP contribution in [0.5, 0.6) is 0 Å². The Labute approximate surface area is 127 Å². The maximum absolute atomic E-state index is 12.0. The lowest BCUT2D eigenvalue weighted by molar-refractivity contribution is -0.117. The van der Waals surface area contributed by atoms with E-state index in [9.17, 15) is 9.59 Å². The summed E-state index contributed by atoms with van der Waals surface area (Å²) in [4.78, 5) is 28.1. The summed E-state index contributed by atoms with van der Waals surface area (Å²) in [6.07, 6.45) is 0.359. The summed E-state index contributed by atoms with van der Waals surface area (Å²) < 4.78 is 0. The predicted octanol–water partition coefficient (Wildman–Crippen LogP) is 1.07. The number of nitrogens with zero attached hydrogens (tertiary/aromatic N) is 4. The summed E-state index contributed by atoms with van der Waals surface area (Å²) in [5.74, 6) is -0.263. The molecule has 2 rings (SSSR count). The Morgan fingerprint density at radius 3 is 2.82 bits per heavy atom. The lowest BCUT2D eigenvalue weighted by Crippen LogP contribution is -2.27. The third-order valence-electron chi connectivity index (χ3n) is 3.45. The summed E-state index contributed by atoms with van der Waals surface area (Å²) in [5.41, 5.74) is 9.51. The second-order valence-corrected chi connectivity index (χ2v) is 5.01. The lowest BCUT2D eigenvalue weighted by Gasteiger charge is -2.16. The Hall–Kier alpha value is -2.57. The first kappa shape index (κ1) is 15.8. The van der Waals surface area contributed by atoms with E-state index in [1.807, 2.05) is 0 Å². The van der Waals surface area contributed by atoms with Crippen molar-refractivity contribution in [1.82, 2.24) is 5.32 Å². The van der Waals surface area contributed by atoms with E-state index in [2.05, 4.69) is 15.3 Å². The minimum Gasteiger partial charge on any atom is -0.395 e. The van der Waals surface area contributed by atoms with E-state index in [1.54, 1.807) is 29.2 Å². The van der Waals surface area contributed by atoms with Crippen LogP contribution < -0.4 is 10.2 Å². The average molecular weight is 303 g/mol. The summed E-state index contributed by atoms with van der Waals surface area (Å²) >= 11 is 0. The third-order valence-corrected chi connectivity index (χ3v) is 3.45. The minimum atomic E-state index is -0.269. The van der Waals surface area contributed by atoms with E-state index in [0.717, 1.165) is 0 Å². The fourth-order valence-corrected chi connectivity index (χ4v) is 2.37. The highest BCUT2D eigenvalue weighted by molar-refractivity contribution is 5.97. The number of aliphatic hydroxyl groups is 1. The number of carbonyl (C=O) groups is 2. The number of rotatable bonds is 6. The maximum Gasteiger partial charge on any atom is 0.251 e. The molecule has 0 spiro atoms. The molecule has 1 aromatic carbocycles. The molecule has 116 valence electrons. The van der Waals surface area contributed by atoms with Crippen molar-refractivity contribution in [2.75, 3.05) is 31.1 Å². The monoisotopic (exact) mass is 303 g/mol. The van der Waals surface area contributed by atoms with E-state index >= 15 is 0 Å². The summed E-state index contributed by atoms with van der Waals surface area (Å²) in [5, 5.41) is 14.7. The molecule has 1 saturated heterocycles. The summed E-state index contributed by atoms with van der Waals surface area (Å²) in [6.45, 7) is 0.902. The van der Waals surface area contributed by atoms with Gasteiger partial charge in [-0.1, -0.05) is 5.11 Å². The molecule has 1 aromatic rings. The number of amides is 2. The molecule has 0 bridgehead atoms. The van der Waals surface area contributed by atoms with Gasteiger partial charge in [-0.25, -0.2) is 0 Å². The van der Waals surface area contributed by atoms with E-state index in [-0.39, 0.29) is 30.9 Å². The topological polar surface area (TPSA) is 118 Å². The molecular formula is C14H17N5O3. The molecule has 1 unspecified atom stereocenters. The lowest BCUT2D eigenvalue weighted by atomic mass is 10.1. The Kier molecular flexibility index (Phi) is 5.35. The molecule has 2 N–H and O–H groups in total. The largest absolute Gasteiger partial charge is 0.395 e. The Balaban J connectivity index is 2.02. The molecule has 8 heteroatoms. The zero-order valence-electron chi connectivity index (χ0n) is 12.0. The second-order valence-electron chi connectivity index (χ2n) is 5.01. The van der Waals surface area contributed by atoms with Crippen LogP contribution >= 0.6 is 0 Å². The van der Waals surface area contributed by atoms with Crippen LogP contribution in [-0.2, 0) is 4.79 Å². The van der Waals surface area contributed by atoms with Gasteiger partial charge in [0.25, 0.3) is 5.91 Å². The molecule has 1 heterocycles. The first-order chi connectivity index (χ1) is 10.7. The van der Waals surface area contributed by atoms with Crippen LogP contribution in [0.15, 0.2) is 29.4 Å². The van der Waals surface area contributed by atoms with Gasteiger partial charge in [-0.3, -0.25) is 9.59 Å². The highest BCUT2D eigenvalue weighted by Gasteiger charge is 2.30. The molecule has 0 aromatic heterocycles. The Morgan fingerprint density at radius 1 is 1.45 bits per heavy atom. The normalized spacial score (nSPS) is 17.2. The van der Waals surface area contributed by atoms with Crippen LogP contribution in [0.1, 0.15) is 16.8 Å². The van der Waals surface area contributed by atoms with Gasteiger partial charge in [0, 0.05) is 42.2 Å². The number of nitrogens with one attached hydrogen (secondary N) is 1. The van der Waals surface area contributed by atoms with Crippen molar-refractivity contribution in [3.8, 4) is 0 Å². The zero-order valence-corrected chi connectivity index (χ0v) is 12.0. The summed E-state index contributed by atoms with van der Waals surface area (Å²) in [7, 11) is 0. The third kappa shape index (κ3) is 3.75. The fourth-order valence-electron chi connectivity index (χ4n) is 2.37. The highest BCUT2D eigenvalue weighted by atomic mass is 16.3. The van der Waals surface area contributed by atoms with Gasteiger partial charge in [-0.05, 0) is 35.7 Å². The van der Waals surface area contributed by atoms with Gasteiger partial charge in [0.05, 0.1) is 6.61 Å². The van der Waals surface area contributed by atoms with E-state index in [4.69, 9.17) is 10.6 Å². The number of hydrogen-bond acceptors (Lipinski definition) is 4. The van der Waals surface area contributed by atoms with Crippen molar-refractivity contribution >= 4 is 17.5 Å². The Bertz CT molecular complexity index is 595. The number of hydrogen-bond donors (Lipinski definition) is 2.